The van der Waals surface area contributed by atoms with Crippen LogP contribution in [0, 0.1) is 0 Å². The zero-order valence-electron chi connectivity index (χ0n) is 10.5. The fraction of sp³-hybridized carbons (Fsp3) is 0.462. The Hall–Kier alpha value is -1.91. The Balaban J connectivity index is 1.88. The lowest BCUT2D eigenvalue weighted by molar-refractivity contribution is 0.110. The van der Waals surface area contributed by atoms with E-state index in [1.165, 1.54) is 0 Å². The van der Waals surface area contributed by atoms with Crippen molar-refractivity contribution < 1.29 is 14.3 Å². The van der Waals surface area contributed by atoms with Crippen molar-refractivity contribution in [2.75, 3.05) is 25.4 Å². The summed E-state index contributed by atoms with van der Waals surface area (Å²) in [6.45, 7) is 3.43. The summed E-state index contributed by atoms with van der Waals surface area (Å²) in [5.74, 6) is 0.741. The first-order valence-corrected chi connectivity index (χ1v) is 6.13. The average molecular weight is 250 g/mol. The summed E-state index contributed by atoms with van der Waals surface area (Å²) >= 11 is 0. The lowest BCUT2D eigenvalue weighted by Crippen LogP contribution is -2.31. The molecule has 5 nitrogen and oxygen atoms in total. The van der Waals surface area contributed by atoms with Crippen molar-refractivity contribution in [3.05, 3.63) is 24.3 Å². The van der Waals surface area contributed by atoms with E-state index in [9.17, 15) is 4.79 Å². The summed E-state index contributed by atoms with van der Waals surface area (Å²) in [6, 6.07) is 7.31. The number of benzene rings is 1. The summed E-state index contributed by atoms with van der Waals surface area (Å²) < 4.78 is 10.7. The molecule has 1 atom stereocenters. The van der Waals surface area contributed by atoms with Crippen LogP contribution in [0.2, 0.25) is 0 Å². The lowest BCUT2D eigenvalue weighted by Gasteiger charge is -2.16. The van der Waals surface area contributed by atoms with Gasteiger partial charge in [0.25, 0.3) is 0 Å². The Morgan fingerprint density at radius 1 is 1.56 bits per heavy atom. The van der Waals surface area contributed by atoms with Gasteiger partial charge in [-0.05, 0) is 19.1 Å². The second-order valence-corrected chi connectivity index (χ2v) is 4.25. The van der Waals surface area contributed by atoms with E-state index in [0.717, 1.165) is 12.2 Å². The topological polar surface area (TPSA) is 64.8 Å². The molecule has 2 N–H and O–H groups in total. The van der Waals surface area contributed by atoms with Crippen molar-refractivity contribution in [3.8, 4) is 5.75 Å². The van der Waals surface area contributed by atoms with Gasteiger partial charge in [0.1, 0.15) is 11.9 Å². The molecule has 0 radical (unpaired) electrons. The van der Waals surface area contributed by atoms with Crippen LogP contribution in [0.25, 0.3) is 0 Å². The summed E-state index contributed by atoms with van der Waals surface area (Å²) in [5, 5.41) is 0. The second kappa shape index (κ2) is 5.62. The van der Waals surface area contributed by atoms with E-state index in [-0.39, 0.29) is 12.2 Å². The summed E-state index contributed by atoms with van der Waals surface area (Å²) in [5.41, 5.74) is 6.36. The normalized spacial score (nSPS) is 18.7. The minimum atomic E-state index is -0.267. The van der Waals surface area contributed by atoms with Crippen LogP contribution in [0.3, 0.4) is 0 Å². The predicted octanol–water partition coefficient (Wildman–Crippen LogP) is 1.88. The number of hydrogen-bond acceptors (Lipinski definition) is 4. The maximum atomic E-state index is 11.5. The average Bonchev–Trinajstić information content (AvgIpc) is 2.78. The Morgan fingerprint density at radius 2 is 2.39 bits per heavy atom. The van der Waals surface area contributed by atoms with Crippen molar-refractivity contribution in [2.45, 2.75) is 19.4 Å². The van der Waals surface area contributed by atoms with Gasteiger partial charge in [0.05, 0.1) is 13.2 Å². The van der Waals surface area contributed by atoms with E-state index in [1.54, 1.807) is 17.9 Å². The Kier molecular flexibility index (Phi) is 3.92. The first-order valence-electron chi connectivity index (χ1n) is 6.13. The SMILES string of the molecule is CCOC(=O)N1CCC(Oc2cccc(N)c2)C1. The van der Waals surface area contributed by atoms with Crippen molar-refractivity contribution in [2.24, 2.45) is 0 Å². The molecule has 1 aliphatic rings. The third-order valence-electron chi connectivity index (χ3n) is 2.83. The van der Waals surface area contributed by atoms with Gasteiger partial charge >= 0.3 is 6.09 Å². The molecule has 1 heterocycles. The van der Waals surface area contributed by atoms with Crippen LogP contribution in [-0.4, -0.2) is 36.8 Å². The minimum absolute atomic E-state index is 0.0104. The van der Waals surface area contributed by atoms with Gasteiger partial charge in [-0.25, -0.2) is 4.79 Å². The van der Waals surface area contributed by atoms with E-state index in [0.29, 0.717) is 25.4 Å². The van der Waals surface area contributed by atoms with Gasteiger partial charge in [0.15, 0.2) is 0 Å². The molecule has 1 aromatic carbocycles. The molecule has 1 saturated heterocycles. The molecule has 5 heteroatoms. The number of anilines is 1. The fourth-order valence-electron chi connectivity index (χ4n) is 1.99. The van der Waals surface area contributed by atoms with Crippen LogP contribution in [-0.2, 0) is 4.74 Å². The Bertz CT molecular complexity index is 422. The standard InChI is InChI=1S/C13H18N2O3/c1-2-17-13(16)15-7-6-12(9-15)18-11-5-3-4-10(14)8-11/h3-5,8,12H,2,6-7,9,14H2,1H3. The number of ether oxygens (including phenoxy) is 2. The van der Waals surface area contributed by atoms with Crippen LogP contribution < -0.4 is 10.5 Å². The van der Waals surface area contributed by atoms with Gasteiger partial charge in [-0.1, -0.05) is 6.07 Å². The summed E-state index contributed by atoms with van der Waals surface area (Å²) in [4.78, 5) is 13.2. The molecule has 0 aromatic heterocycles. The highest BCUT2D eigenvalue weighted by molar-refractivity contribution is 5.68. The molecular formula is C13H18N2O3. The molecule has 1 unspecified atom stereocenters. The number of rotatable bonds is 3. The van der Waals surface area contributed by atoms with Crippen molar-refractivity contribution in [3.63, 3.8) is 0 Å². The fourth-order valence-corrected chi connectivity index (χ4v) is 1.99. The highest BCUT2D eigenvalue weighted by Gasteiger charge is 2.28. The number of nitrogen functional groups attached to an aromatic ring is 1. The number of nitrogens with zero attached hydrogens (tertiary/aromatic N) is 1. The lowest BCUT2D eigenvalue weighted by atomic mass is 10.3. The molecule has 0 aliphatic carbocycles. The molecule has 18 heavy (non-hydrogen) atoms. The smallest absolute Gasteiger partial charge is 0.409 e. The highest BCUT2D eigenvalue weighted by atomic mass is 16.6. The van der Waals surface area contributed by atoms with E-state index < -0.39 is 0 Å². The minimum Gasteiger partial charge on any atom is -0.488 e. The van der Waals surface area contributed by atoms with E-state index in [1.807, 2.05) is 18.2 Å². The third kappa shape index (κ3) is 3.06. The Labute approximate surface area is 106 Å². The molecule has 1 fully saturated rings. The predicted molar refractivity (Wildman–Crippen MR) is 68.5 cm³/mol. The third-order valence-corrected chi connectivity index (χ3v) is 2.83. The molecule has 0 spiro atoms. The zero-order chi connectivity index (χ0) is 13.0. The number of carbonyl (C=O) groups is 1. The van der Waals surface area contributed by atoms with Crippen molar-refractivity contribution in [1.82, 2.24) is 4.90 Å². The molecule has 2 rings (SSSR count). The zero-order valence-corrected chi connectivity index (χ0v) is 10.5. The van der Waals surface area contributed by atoms with Gasteiger partial charge in [0, 0.05) is 24.7 Å². The molecule has 1 aromatic rings. The van der Waals surface area contributed by atoms with Crippen LogP contribution >= 0.6 is 0 Å². The molecule has 1 aliphatic heterocycles. The molecular weight excluding hydrogens is 232 g/mol. The maximum Gasteiger partial charge on any atom is 0.409 e. The highest BCUT2D eigenvalue weighted by Crippen LogP contribution is 2.20. The quantitative estimate of drug-likeness (QED) is 0.832. The van der Waals surface area contributed by atoms with Crippen LogP contribution in [0.4, 0.5) is 10.5 Å². The van der Waals surface area contributed by atoms with Crippen LogP contribution in [0.5, 0.6) is 5.75 Å². The second-order valence-electron chi connectivity index (χ2n) is 4.25. The summed E-state index contributed by atoms with van der Waals surface area (Å²) in [6.07, 6.45) is 0.556. The monoisotopic (exact) mass is 250 g/mol. The number of hydrogen-bond donors (Lipinski definition) is 1. The maximum absolute atomic E-state index is 11.5. The van der Waals surface area contributed by atoms with Gasteiger partial charge in [0.2, 0.25) is 0 Å². The first kappa shape index (κ1) is 12.5. The Morgan fingerprint density at radius 3 is 3.11 bits per heavy atom. The molecule has 1 amide bonds. The molecule has 98 valence electrons. The largest absolute Gasteiger partial charge is 0.488 e. The first-order chi connectivity index (χ1) is 8.69. The van der Waals surface area contributed by atoms with Gasteiger partial charge in [-0.2, -0.15) is 0 Å². The number of nitrogens with two attached hydrogens (primary N) is 1. The van der Waals surface area contributed by atoms with E-state index >= 15 is 0 Å². The van der Waals surface area contributed by atoms with Gasteiger partial charge in [-0.3, -0.25) is 0 Å². The number of likely N-dealkylation sites (tertiary alicyclic amines) is 1. The van der Waals surface area contributed by atoms with Gasteiger partial charge in [-0.15, -0.1) is 0 Å². The van der Waals surface area contributed by atoms with E-state index in [4.69, 9.17) is 15.2 Å². The summed E-state index contributed by atoms with van der Waals surface area (Å²) in [7, 11) is 0. The van der Waals surface area contributed by atoms with Crippen molar-refractivity contribution in [1.29, 1.82) is 0 Å². The van der Waals surface area contributed by atoms with Crippen LogP contribution in [0.1, 0.15) is 13.3 Å². The van der Waals surface area contributed by atoms with Gasteiger partial charge < -0.3 is 20.1 Å². The van der Waals surface area contributed by atoms with Crippen LogP contribution in [0.15, 0.2) is 24.3 Å². The molecule has 0 bridgehead atoms. The molecule has 0 saturated carbocycles. The number of amides is 1. The van der Waals surface area contributed by atoms with E-state index in [2.05, 4.69) is 0 Å². The number of carbonyl (C=O) groups excluding carboxylic acids is 1. The van der Waals surface area contributed by atoms with Crippen molar-refractivity contribution >= 4 is 11.8 Å².